The largest absolute Gasteiger partial charge is 0.478 e. The Morgan fingerprint density at radius 3 is 2.90 bits per heavy atom. The van der Waals surface area contributed by atoms with E-state index in [0.717, 1.165) is 0 Å². The first-order chi connectivity index (χ1) is 9.60. The number of hydrogen-bond acceptors (Lipinski definition) is 5. The van der Waals surface area contributed by atoms with Crippen molar-refractivity contribution in [1.82, 2.24) is 9.97 Å². The van der Waals surface area contributed by atoms with Crippen molar-refractivity contribution < 1.29 is 14.6 Å². The minimum Gasteiger partial charge on any atom is -0.478 e. The van der Waals surface area contributed by atoms with Crippen LogP contribution in [0.5, 0.6) is 5.88 Å². The molecule has 0 amide bonds. The molecule has 7 heteroatoms. The van der Waals surface area contributed by atoms with Gasteiger partial charge in [0.25, 0.3) is 0 Å². The molecular formula is C13H12ClN3O3. The van der Waals surface area contributed by atoms with Crippen molar-refractivity contribution in [2.24, 2.45) is 0 Å². The number of nitrogens with zero attached hydrogens (tertiary/aromatic N) is 2. The van der Waals surface area contributed by atoms with E-state index < -0.39 is 5.97 Å². The average Bonchev–Trinajstić information content (AvgIpc) is 2.39. The van der Waals surface area contributed by atoms with Crippen molar-refractivity contribution in [3.8, 4) is 5.88 Å². The molecule has 1 aromatic heterocycles. The fourth-order valence-corrected chi connectivity index (χ4v) is 1.80. The van der Waals surface area contributed by atoms with Crippen LogP contribution in [0.4, 0.5) is 11.5 Å². The van der Waals surface area contributed by atoms with E-state index in [1.54, 1.807) is 6.07 Å². The number of carboxylic acids is 1. The number of halogens is 1. The van der Waals surface area contributed by atoms with Crippen molar-refractivity contribution in [3.05, 3.63) is 41.2 Å². The van der Waals surface area contributed by atoms with Crippen LogP contribution in [0.25, 0.3) is 0 Å². The predicted octanol–water partition coefficient (Wildman–Crippen LogP) is 2.97. The van der Waals surface area contributed by atoms with Crippen molar-refractivity contribution in [1.29, 1.82) is 0 Å². The molecule has 2 aromatic rings. The molecule has 1 heterocycles. The van der Waals surface area contributed by atoms with Crippen molar-refractivity contribution in [3.63, 3.8) is 0 Å². The molecule has 2 N–H and O–H groups in total. The van der Waals surface area contributed by atoms with Gasteiger partial charge in [0, 0.05) is 5.69 Å². The topological polar surface area (TPSA) is 84.3 Å². The molecule has 0 saturated heterocycles. The summed E-state index contributed by atoms with van der Waals surface area (Å²) in [7, 11) is 0. The molecule has 0 spiro atoms. The van der Waals surface area contributed by atoms with Gasteiger partial charge >= 0.3 is 5.97 Å². The Bertz CT molecular complexity index is 634. The number of hydrogen-bond donors (Lipinski definition) is 2. The van der Waals surface area contributed by atoms with Gasteiger partial charge < -0.3 is 15.2 Å². The SMILES string of the molecule is CCOc1cncc(Nc2ccc(C(=O)O)c(Cl)c2)n1. The summed E-state index contributed by atoms with van der Waals surface area (Å²) in [5.41, 5.74) is 0.661. The molecule has 1 aromatic carbocycles. The standard InChI is InChI=1S/C13H12ClN3O3/c1-2-20-12-7-15-6-11(17-12)16-8-3-4-9(13(18)19)10(14)5-8/h3-7H,2H2,1H3,(H,16,17)(H,18,19). The zero-order chi connectivity index (χ0) is 14.5. The van der Waals surface area contributed by atoms with E-state index in [-0.39, 0.29) is 10.6 Å². The number of benzene rings is 1. The molecule has 0 atom stereocenters. The van der Waals surface area contributed by atoms with Crippen molar-refractivity contribution in [2.75, 3.05) is 11.9 Å². The van der Waals surface area contributed by atoms with Gasteiger partial charge in [-0.2, -0.15) is 4.98 Å². The zero-order valence-electron chi connectivity index (χ0n) is 10.6. The zero-order valence-corrected chi connectivity index (χ0v) is 11.4. The van der Waals surface area contributed by atoms with Crippen LogP contribution in [-0.2, 0) is 0 Å². The smallest absolute Gasteiger partial charge is 0.337 e. The summed E-state index contributed by atoms with van der Waals surface area (Å²) in [5, 5.41) is 12.0. The van der Waals surface area contributed by atoms with E-state index in [4.69, 9.17) is 21.4 Å². The second-order valence-electron chi connectivity index (χ2n) is 3.80. The summed E-state index contributed by atoms with van der Waals surface area (Å²) >= 11 is 5.89. The molecule has 0 aliphatic carbocycles. The van der Waals surface area contributed by atoms with Crippen LogP contribution in [0.15, 0.2) is 30.6 Å². The highest BCUT2D eigenvalue weighted by molar-refractivity contribution is 6.33. The molecule has 0 radical (unpaired) electrons. The summed E-state index contributed by atoms with van der Waals surface area (Å²) in [4.78, 5) is 19.0. The average molecular weight is 294 g/mol. The van der Waals surface area contributed by atoms with E-state index in [1.807, 2.05) is 6.92 Å². The molecule has 6 nitrogen and oxygen atoms in total. The molecule has 0 aliphatic heterocycles. The lowest BCUT2D eigenvalue weighted by molar-refractivity contribution is 0.0697. The molecule has 0 aliphatic rings. The van der Waals surface area contributed by atoms with Gasteiger partial charge in [0.2, 0.25) is 5.88 Å². The van der Waals surface area contributed by atoms with Crippen molar-refractivity contribution in [2.45, 2.75) is 6.92 Å². The number of carboxylic acid groups (broad SMARTS) is 1. The number of ether oxygens (including phenoxy) is 1. The number of anilines is 2. The Morgan fingerprint density at radius 1 is 1.45 bits per heavy atom. The van der Waals surface area contributed by atoms with E-state index >= 15 is 0 Å². The van der Waals surface area contributed by atoms with Gasteiger partial charge in [0.15, 0.2) is 5.82 Å². The fourth-order valence-electron chi connectivity index (χ4n) is 1.54. The third-order valence-corrected chi connectivity index (χ3v) is 2.69. The van der Waals surface area contributed by atoms with Gasteiger partial charge in [-0.25, -0.2) is 4.79 Å². The van der Waals surface area contributed by atoms with E-state index in [9.17, 15) is 4.79 Å². The number of nitrogens with one attached hydrogen (secondary N) is 1. The second-order valence-corrected chi connectivity index (χ2v) is 4.21. The summed E-state index contributed by atoms with van der Waals surface area (Å²) < 4.78 is 5.24. The van der Waals surface area contributed by atoms with Crippen LogP contribution >= 0.6 is 11.6 Å². The quantitative estimate of drug-likeness (QED) is 0.881. The van der Waals surface area contributed by atoms with Crippen LogP contribution in [0.3, 0.4) is 0 Å². The maximum Gasteiger partial charge on any atom is 0.337 e. The Hall–Kier alpha value is -2.34. The van der Waals surface area contributed by atoms with Gasteiger partial charge in [0.05, 0.1) is 29.6 Å². The number of rotatable bonds is 5. The van der Waals surface area contributed by atoms with E-state index in [1.165, 1.54) is 24.5 Å². The minimum atomic E-state index is -1.07. The molecular weight excluding hydrogens is 282 g/mol. The van der Waals surface area contributed by atoms with E-state index in [2.05, 4.69) is 15.3 Å². The van der Waals surface area contributed by atoms with Crippen LogP contribution in [0.1, 0.15) is 17.3 Å². The summed E-state index contributed by atoms with van der Waals surface area (Å²) in [5.74, 6) is -0.180. The number of aromatic nitrogens is 2. The van der Waals surface area contributed by atoms with Crippen LogP contribution in [-0.4, -0.2) is 27.7 Å². The lowest BCUT2D eigenvalue weighted by Gasteiger charge is -2.08. The Balaban J connectivity index is 2.19. The lowest BCUT2D eigenvalue weighted by atomic mass is 10.2. The monoisotopic (exact) mass is 293 g/mol. The Morgan fingerprint density at radius 2 is 2.25 bits per heavy atom. The van der Waals surface area contributed by atoms with Crippen LogP contribution in [0.2, 0.25) is 5.02 Å². The van der Waals surface area contributed by atoms with Gasteiger partial charge in [-0.05, 0) is 25.1 Å². The highest BCUT2D eigenvalue weighted by Gasteiger charge is 2.09. The summed E-state index contributed by atoms with van der Waals surface area (Å²) in [6.07, 6.45) is 3.04. The second kappa shape index (κ2) is 6.21. The number of aromatic carboxylic acids is 1. The Labute approximate surface area is 120 Å². The van der Waals surface area contributed by atoms with Gasteiger partial charge in [-0.1, -0.05) is 11.6 Å². The first-order valence-corrected chi connectivity index (χ1v) is 6.22. The third-order valence-electron chi connectivity index (χ3n) is 2.38. The highest BCUT2D eigenvalue weighted by atomic mass is 35.5. The highest BCUT2D eigenvalue weighted by Crippen LogP contribution is 2.23. The molecule has 104 valence electrons. The van der Waals surface area contributed by atoms with Crippen LogP contribution in [0, 0.1) is 0 Å². The minimum absolute atomic E-state index is 0.0476. The Kier molecular flexibility index (Phi) is 4.37. The van der Waals surface area contributed by atoms with Crippen LogP contribution < -0.4 is 10.1 Å². The van der Waals surface area contributed by atoms with Gasteiger partial charge in [-0.3, -0.25) is 4.98 Å². The third kappa shape index (κ3) is 3.36. The maximum absolute atomic E-state index is 10.9. The lowest BCUT2D eigenvalue weighted by Crippen LogP contribution is -2.01. The first kappa shape index (κ1) is 14.1. The fraction of sp³-hybridized carbons (Fsp3) is 0.154. The molecule has 0 bridgehead atoms. The first-order valence-electron chi connectivity index (χ1n) is 5.85. The predicted molar refractivity (Wildman–Crippen MR) is 74.9 cm³/mol. The molecule has 0 fully saturated rings. The van der Waals surface area contributed by atoms with Crippen molar-refractivity contribution >= 4 is 29.1 Å². The maximum atomic E-state index is 10.9. The molecule has 20 heavy (non-hydrogen) atoms. The molecule has 0 saturated carbocycles. The van der Waals surface area contributed by atoms with E-state index in [0.29, 0.717) is 24.0 Å². The number of carbonyl (C=O) groups is 1. The summed E-state index contributed by atoms with van der Waals surface area (Å²) in [6.45, 7) is 2.35. The normalized spacial score (nSPS) is 10.1. The van der Waals surface area contributed by atoms with Gasteiger partial charge in [0.1, 0.15) is 0 Å². The van der Waals surface area contributed by atoms with Gasteiger partial charge in [-0.15, -0.1) is 0 Å². The molecule has 0 unspecified atom stereocenters. The molecule has 2 rings (SSSR count). The summed E-state index contributed by atoms with van der Waals surface area (Å²) in [6, 6.07) is 4.54.